The monoisotopic (exact) mass is 734 g/mol. The van der Waals surface area contributed by atoms with Gasteiger partial charge in [-0.15, -0.1) is 0 Å². The molecule has 0 amide bonds. The zero-order chi connectivity index (χ0) is 29.8. The second-order valence-electron chi connectivity index (χ2n) is 11.4. The molecule has 42 heavy (non-hydrogen) atoms. The van der Waals surface area contributed by atoms with Crippen molar-refractivity contribution >= 4 is 11.9 Å². The summed E-state index contributed by atoms with van der Waals surface area (Å²) in [6, 6.07) is 0. The van der Waals surface area contributed by atoms with Crippen molar-refractivity contribution in [2.24, 2.45) is 0 Å². The van der Waals surface area contributed by atoms with E-state index in [2.05, 4.69) is 38.2 Å². The first-order valence-corrected chi connectivity index (χ1v) is 17.2. The van der Waals surface area contributed by atoms with Crippen molar-refractivity contribution in [2.45, 2.75) is 194 Å². The zero-order valence-electron chi connectivity index (χ0n) is 28.7. The minimum absolute atomic E-state index is 0. The summed E-state index contributed by atoms with van der Waals surface area (Å²) in [5, 5.41) is 20.4. The van der Waals surface area contributed by atoms with Crippen molar-refractivity contribution in [3.05, 3.63) is 24.3 Å². The predicted molar refractivity (Wildman–Crippen MR) is 169 cm³/mol. The van der Waals surface area contributed by atoms with Crippen molar-refractivity contribution in [1.29, 1.82) is 0 Å². The minimum atomic E-state index is -0.914. The van der Waals surface area contributed by atoms with Crippen molar-refractivity contribution < 1.29 is 140 Å². The predicted octanol–water partition coefficient (Wildman–Crippen LogP) is 3.56. The number of aliphatic carboxylic acids is 2. The Bertz CT molecular complexity index is 531. The number of rotatable bonds is 30. The van der Waals surface area contributed by atoms with Gasteiger partial charge in [-0.1, -0.05) is 141 Å². The van der Waals surface area contributed by atoms with Gasteiger partial charge < -0.3 is 19.8 Å². The van der Waals surface area contributed by atoms with Crippen LogP contribution in [-0.2, 0) is 9.59 Å². The van der Waals surface area contributed by atoms with Crippen LogP contribution >= 0.6 is 0 Å². The molecule has 236 valence electrons. The van der Waals surface area contributed by atoms with Gasteiger partial charge in [-0.3, -0.25) is 0 Å². The first-order valence-electron chi connectivity index (χ1n) is 17.2. The van der Waals surface area contributed by atoms with Crippen molar-refractivity contribution in [1.82, 2.24) is 0 Å². The molecule has 0 aromatic rings. The van der Waals surface area contributed by atoms with Gasteiger partial charge in [0.1, 0.15) is 0 Å². The number of carboxylic acid groups (broad SMARTS) is 2. The molecule has 0 heterocycles. The average Bonchev–Trinajstić information content (AvgIpc) is 2.93. The average molecular weight is 735 g/mol. The van der Waals surface area contributed by atoms with Crippen LogP contribution in [0, 0.1) is 0 Å². The summed E-state index contributed by atoms with van der Waals surface area (Å²) in [4.78, 5) is 20.4. The van der Waals surface area contributed by atoms with Gasteiger partial charge in [0.25, 0.3) is 0 Å². The third-order valence-electron chi connectivity index (χ3n) is 7.29. The molecule has 0 aliphatic carbocycles. The zero-order valence-corrected chi connectivity index (χ0v) is 38.1. The maximum Gasteiger partial charge on any atom is 1.00 e. The van der Waals surface area contributed by atoms with Gasteiger partial charge in [0, 0.05) is 11.9 Å². The Morgan fingerprint density at radius 1 is 0.405 bits per heavy atom. The van der Waals surface area contributed by atoms with E-state index in [1.165, 1.54) is 128 Å². The molecule has 0 fully saturated rings. The Labute approximate surface area is 363 Å². The second-order valence-corrected chi connectivity index (χ2v) is 11.4. The van der Waals surface area contributed by atoms with Gasteiger partial charge in [-0.2, -0.15) is 0 Å². The van der Waals surface area contributed by atoms with Crippen molar-refractivity contribution in [3.8, 4) is 0 Å². The number of allylic oxidation sites excluding steroid dienone is 4. The molecule has 0 spiro atoms. The van der Waals surface area contributed by atoms with Crippen LogP contribution < -0.4 is 130 Å². The molecule has 4 nitrogen and oxygen atoms in total. The number of carboxylic acids is 2. The number of carbonyl (C=O) groups excluding carboxylic acids is 2. The van der Waals surface area contributed by atoms with E-state index in [0.29, 0.717) is 0 Å². The summed E-state index contributed by atoms with van der Waals surface area (Å²) in [5.41, 5.74) is 0. The van der Waals surface area contributed by atoms with Crippen molar-refractivity contribution in [3.63, 3.8) is 0 Å². The molecule has 0 rings (SSSR count). The number of hydrogen-bond donors (Lipinski definition) is 0. The standard InChI is InChI=1S/2C18H34O2.Cs.K/c2*1-2-3-4-5-6-7-8-9-10-11-12-13-14-15-16-17-18(19)20;;/h2*9-10H,2-8,11-17H2,1H3,(H,19,20);;/q;;2*+1/p-2/b2*10-9-;;. The van der Waals surface area contributed by atoms with E-state index >= 15 is 0 Å². The Hall–Kier alpha value is 2.11. The summed E-state index contributed by atoms with van der Waals surface area (Å²) in [6.45, 7) is 4.51. The Kier molecular flexibility index (Phi) is 57.6. The topological polar surface area (TPSA) is 80.3 Å². The van der Waals surface area contributed by atoms with Crippen LogP contribution in [0.15, 0.2) is 24.3 Å². The first kappa shape index (κ1) is 51.0. The van der Waals surface area contributed by atoms with Crippen LogP contribution in [0.5, 0.6) is 0 Å². The molecule has 0 aliphatic rings. The third-order valence-corrected chi connectivity index (χ3v) is 7.29. The van der Waals surface area contributed by atoms with E-state index in [-0.39, 0.29) is 133 Å². The van der Waals surface area contributed by atoms with Crippen LogP contribution in [0.4, 0.5) is 0 Å². The molecule has 0 N–H and O–H groups in total. The third kappa shape index (κ3) is 54.6. The van der Waals surface area contributed by atoms with Gasteiger partial charge in [0.2, 0.25) is 0 Å². The normalized spacial score (nSPS) is 10.7. The molecule has 0 saturated heterocycles. The summed E-state index contributed by atoms with van der Waals surface area (Å²) < 4.78 is 0. The molecule has 0 atom stereocenters. The smallest absolute Gasteiger partial charge is 0.550 e. The Balaban J connectivity index is -0.000000328. The van der Waals surface area contributed by atoms with E-state index in [9.17, 15) is 19.8 Å². The van der Waals surface area contributed by atoms with Crippen LogP contribution in [0.25, 0.3) is 0 Å². The van der Waals surface area contributed by atoms with Crippen LogP contribution in [-0.4, -0.2) is 11.9 Å². The fraction of sp³-hybridized carbons (Fsp3) is 0.833. The van der Waals surface area contributed by atoms with Crippen LogP contribution in [0.3, 0.4) is 0 Å². The Morgan fingerprint density at radius 3 is 0.857 bits per heavy atom. The van der Waals surface area contributed by atoms with Gasteiger partial charge in [-0.25, -0.2) is 0 Å². The number of hydrogen-bond acceptors (Lipinski definition) is 4. The van der Waals surface area contributed by atoms with Crippen molar-refractivity contribution in [2.75, 3.05) is 0 Å². The summed E-state index contributed by atoms with van der Waals surface area (Å²) in [7, 11) is 0. The summed E-state index contributed by atoms with van der Waals surface area (Å²) in [5.74, 6) is -1.83. The molecule has 0 aromatic heterocycles. The fourth-order valence-corrected chi connectivity index (χ4v) is 4.68. The van der Waals surface area contributed by atoms with Gasteiger partial charge in [0.15, 0.2) is 0 Å². The second kappa shape index (κ2) is 47.5. The molecule has 0 radical (unpaired) electrons. The quantitative estimate of drug-likeness (QED) is 0.0643. The molecule has 0 aliphatic heterocycles. The number of unbranched alkanes of at least 4 members (excludes halogenated alkanes) is 22. The van der Waals surface area contributed by atoms with E-state index < -0.39 is 11.9 Å². The molecule has 0 aromatic carbocycles. The molecule has 6 heteroatoms. The van der Waals surface area contributed by atoms with E-state index in [1.807, 2.05) is 0 Å². The van der Waals surface area contributed by atoms with E-state index in [0.717, 1.165) is 38.5 Å². The van der Waals surface area contributed by atoms with Crippen LogP contribution in [0.2, 0.25) is 0 Å². The maximum absolute atomic E-state index is 10.2. The molecular weight excluding hydrogens is 668 g/mol. The van der Waals surface area contributed by atoms with Crippen LogP contribution in [0.1, 0.15) is 194 Å². The molecule has 0 unspecified atom stereocenters. The van der Waals surface area contributed by atoms with Gasteiger partial charge >= 0.3 is 120 Å². The SMILES string of the molecule is CCCCCCCC/C=C\CCCCCCCC(=O)[O-].CCCCCCCC/C=C\CCCCCCCC(=O)[O-].[Cs+].[K+]. The van der Waals surface area contributed by atoms with Gasteiger partial charge in [-0.05, 0) is 77.0 Å². The Morgan fingerprint density at radius 2 is 0.619 bits per heavy atom. The minimum Gasteiger partial charge on any atom is -0.550 e. The molecule has 0 bridgehead atoms. The largest absolute Gasteiger partial charge is 1.00 e. The number of carbonyl (C=O) groups is 2. The molecule has 0 saturated carbocycles. The van der Waals surface area contributed by atoms with E-state index in [4.69, 9.17) is 0 Å². The maximum atomic E-state index is 10.2. The first-order chi connectivity index (χ1) is 19.5. The molecular formula is C36H66CsKO4. The summed E-state index contributed by atoms with van der Waals surface area (Å²) >= 11 is 0. The summed E-state index contributed by atoms with van der Waals surface area (Å²) in [6.07, 6.45) is 41.8. The van der Waals surface area contributed by atoms with E-state index in [1.54, 1.807) is 0 Å². The fourth-order valence-electron chi connectivity index (χ4n) is 4.68. The van der Waals surface area contributed by atoms with Gasteiger partial charge in [0.05, 0.1) is 0 Å².